The molecule has 0 saturated heterocycles. The van der Waals surface area contributed by atoms with Crippen molar-refractivity contribution in [3.8, 4) is 22.3 Å². The third kappa shape index (κ3) is 3.75. The summed E-state index contributed by atoms with van der Waals surface area (Å²) in [5.41, 5.74) is 24.6. The monoisotopic (exact) mass is 756 g/mol. The van der Waals surface area contributed by atoms with Gasteiger partial charge in [0.25, 0.3) is 6.71 Å². The summed E-state index contributed by atoms with van der Waals surface area (Å²) in [6, 6.07) is 59.5. The molecule has 0 N–H and O–H groups in total. The molecule has 4 saturated carbocycles. The Morgan fingerprint density at radius 2 is 1.02 bits per heavy atom. The maximum Gasteiger partial charge on any atom is 0.252 e. The van der Waals surface area contributed by atoms with Crippen molar-refractivity contribution in [2.24, 2.45) is 23.7 Å². The largest absolute Gasteiger partial charge is 0.311 e. The molecule has 7 aromatic carbocycles. The normalized spacial score (nSPS) is 27.5. The summed E-state index contributed by atoms with van der Waals surface area (Å²) in [6.45, 7) is 0.116. The fourth-order valence-electron chi connectivity index (χ4n) is 15.5. The molecule has 2 nitrogen and oxygen atoms in total. The average Bonchev–Trinajstić information content (AvgIpc) is 4.17. The van der Waals surface area contributed by atoms with Crippen LogP contribution >= 0.6 is 0 Å². The van der Waals surface area contributed by atoms with Gasteiger partial charge in [0.1, 0.15) is 0 Å². The van der Waals surface area contributed by atoms with Gasteiger partial charge in [-0.25, -0.2) is 0 Å². The van der Waals surface area contributed by atoms with Gasteiger partial charge in [-0.1, -0.05) is 122 Å². The van der Waals surface area contributed by atoms with Crippen molar-refractivity contribution in [2.75, 3.05) is 9.80 Å². The van der Waals surface area contributed by atoms with Gasteiger partial charge in [0.2, 0.25) is 0 Å². The van der Waals surface area contributed by atoms with Crippen molar-refractivity contribution < 1.29 is 0 Å². The third-order valence-corrected chi connectivity index (χ3v) is 17.4. The van der Waals surface area contributed by atoms with Crippen LogP contribution in [0.4, 0.5) is 34.1 Å². The Hall–Kier alpha value is -5.80. The number of anilines is 6. The SMILES string of the molecule is c1ccc(N2c3ccccc3B3c4ccccc4N(c4ccc5c(c4)-c4ccccc4C54CC5CCC4C5)c4c3c2cc2c4-c3ccccc3C23CC2CCC3C2)cc1. The van der Waals surface area contributed by atoms with E-state index in [4.69, 9.17) is 0 Å². The number of hydrogen-bond donors (Lipinski definition) is 0. The molecule has 4 bridgehead atoms. The lowest BCUT2D eigenvalue weighted by atomic mass is 9.33. The van der Waals surface area contributed by atoms with E-state index in [0.29, 0.717) is 5.92 Å². The summed E-state index contributed by atoms with van der Waals surface area (Å²) in [4.78, 5) is 5.37. The van der Waals surface area contributed by atoms with Crippen LogP contribution < -0.4 is 26.2 Å². The minimum atomic E-state index is 0.0445. The Morgan fingerprint density at radius 3 is 1.69 bits per heavy atom. The smallest absolute Gasteiger partial charge is 0.252 e. The molecule has 282 valence electrons. The quantitative estimate of drug-likeness (QED) is 0.162. The highest BCUT2D eigenvalue weighted by Gasteiger charge is 2.60. The van der Waals surface area contributed by atoms with Gasteiger partial charge < -0.3 is 9.80 Å². The first-order valence-corrected chi connectivity index (χ1v) is 22.6. The zero-order chi connectivity index (χ0) is 38.2. The van der Waals surface area contributed by atoms with E-state index in [-0.39, 0.29) is 17.5 Å². The summed E-state index contributed by atoms with van der Waals surface area (Å²) >= 11 is 0. The molecule has 0 amide bonds. The standard InChI is InChI=1S/C56H45BN2/c1-2-12-38(13-3-1)58-49-20-10-8-18-47(49)57-48-19-9-11-21-50(48)59(39-26-27-45-42(30-39)40-14-4-6-16-43(40)55(45)32-34-22-24-36(55)28-34)54-52-41-15-5-7-17-44(41)56(33-35-23-25-37(56)29-35)46(52)31-51(58)53(54)57/h1-21,26-27,30-31,34-37H,22-25,28-29,32-33H2. The van der Waals surface area contributed by atoms with E-state index in [0.717, 1.165) is 17.8 Å². The maximum absolute atomic E-state index is 2.75. The van der Waals surface area contributed by atoms with E-state index in [1.807, 2.05) is 0 Å². The van der Waals surface area contributed by atoms with Crippen LogP contribution in [-0.2, 0) is 10.8 Å². The van der Waals surface area contributed by atoms with E-state index in [1.165, 1.54) is 124 Å². The van der Waals surface area contributed by atoms with Crippen LogP contribution in [0.25, 0.3) is 22.3 Å². The number of rotatable bonds is 2. The summed E-state index contributed by atoms with van der Waals surface area (Å²) < 4.78 is 0. The zero-order valence-corrected chi connectivity index (χ0v) is 33.4. The zero-order valence-electron chi connectivity index (χ0n) is 33.4. The molecule has 0 radical (unpaired) electrons. The van der Waals surface area contributed by atoms with Crippen molar-refractivity contribution >= 4 is 57.2 Å². The number of hydrogen-bond acceptors (Lipinski definition) is 2. The number of para-hydroxylation sites is 3. The highest BCUT2D eigenvalue weighted by molar-refractivity contribution is 7.00. The minimum absolute atomic E-state index is 0.0445. The van der Waals surface area contributed by atoms with Gasteiger partial charge in [-0.3, -0.25) is 0 Å². The van der Waals surface area contributed by atoms with Crippen molar-refractivity contribution in [3.63, 3.8) is 0 Å². The van der Waals surface area contributed by atoms with Crippen LogP contribution in [0.5, 0.6) is 0 Å². The molecular formula is C56H45BN2. The van der Waals surface area contributed by atoms with Crippen molar-refractivity contribution in [3.05, 3.63) is 174 Å². The maximum atomic E-state index is 2.75. The highest BCUT2D eigenvalue weighted by atomic mass is 15.2. The van der Waals surface area contributed by atoms with Crippen LogP contribution in [0.3, 0.4) is 0 Å². The molecule has 59 heavy (non-hydrogen) atoms. The van der Waals surface area contributed by atoms with Crippen LogP contribution in [0, 0.1) is 23.7 Å². The van der Waals surface area contributed by atoms with Gasteiger partial charge in [-0.15, -0.1) is 0 Å². The van der Waals surface area contributed by atoms with Crippen LogP contribution in [-0.4, -0.2) is 6.71 Å². The van der Waals surface area contributed by atoms with Gasteiger partial charge in [-0.2, -0.15) is 0 Å². The van der Waals surface area contributed by atoms with Crippen molar-refractivity contribution in [2.45, 2.75) is 62.2 Å². The van der Waals surface area contributed by atoms with E-state index >= 15 is 0 Å². The second-order valence-electron chi connectivity index (χ2n) is 19.6. The minimum Gasteiger partial charge on any atom is -0.311 e. The Labute approximate surface area is 347 Å². The second-order valence-corrected chi connectivity index (χ2v) is 19.6. The Kier molecular flexibility index (Phi) is 6.02. The lowest BCUT2D eigenvalue weighted by Gasteiger charge is -2.46. The van der Waals surface area contributed by atoms with Gasteiger partial charge in [-0.05, 0) is 160 Å². The van der Waals surface area contributed by atoms with Crippen LogP contribution in [0.15, 0.2) is 152 Å². The first-order chi connectivity index (χ1) is 29.2. The number of fused-ring (bicyclic) bond motifs is 21. The van der Waals surface area contributed by atoms with Gasteiger partial charge in [0.15, 0.2) is 0 Å². The lowest BCUT2D eigenvalue weighted by Crippen LogP contribution is -2.61. The first-order valence-electron chi connectivity index (χ1n) is 22.6. The molecule has 7 aromatic rings. The van der Waals surface area contributed by atoms with Crippen molar-refractivity contribution in [1.82, 2.24) is 0 Å². The molecule has 6 aliphatic carbocycles. The lowest BCUT2D eigenvalue weighted by molar-refractivity contribution is 0.327. The molecule has 0 aromatic heterocycles. The molecule has 6 unspecified atom stereocenters. The van der Waals surface area contributed by atoms with Crippen LogP contribution in [0.2, 0.25) is 0 Å². The third-order valence-electron chi connectivity index (χ3n) is 17.4. The van der Waals surface area contributed by atoms with Gasteiger partial charge in [0, 0.05) is 44.8 Å². The topological polar surface area (TPSA) is 6.48 Å². The molecular weight excluding hydrogens is 711 g/mol. The van der Waals surface area contributed by atoms with Gasteiger partial charge in [0.05, 0.1) is 5.69 Å². The summed E-state index contributed by atoms with van der Waals surface area (Å²) in [5.74, 6) is 3.09. The van der Waals surface area contributed by atoms with E-state index in [2.05, 4.69) is 161 Å². The van der Waals surface area contributed by atoms with E-state index < -0.39 is 0 Å². The molecule has 15 rings (SSSR count). The van der Waals surface area contributed by atoms with Crippen molar-refractivity contribution in [1.29, 1.82) is 0 Å². The van der Waals surface area contributed by atoms with E-state index in [9.17, 15) is 0 Å². The molecule has 2 spiro atoms. The Morgan fingerprint density at radius 1 is 0.441 bits per heavy atom. The molecule has 2 heterocycles. The Balaban J connectivity index is 1.07. The molecule has 3 heteroatoms. The number of nitrogens with zero attached hydrogens (tertiary/aromatic N) is 2. The highest BCUT2D eigenvalue weighted by Crippen LogP contribution is 2.69. The second kappa shape index (κ2) is 11.1. The molecule has 8 aliphatic rings. The molecule has 2 aliphatic heterocycles. The van der Waals surface area contributed by atoms with Crippen LogP contribution in [0.1, 0.15) is 73.6 Å². The summed E-state index contributed by atoms with van der Waals surface area (Å²) in [7, 11) is 0. The molecule has 6 atom stereocenters. The van der Waals surface area contributed by atoms with E-state index in [1.54, 1.807) is 22.3 Å². The van der Waals surface area contributed by atoms with Gasteiger partial charge >= 0.3 is 0 Å². The average molecular weight is 757 g/mol. The fraction of sp³-hybridized carbons (Fsp3) is 0.250. The Bertz CT molecular complexity index is 2990. The molecule has 4 fully saturated rings. The fourth-order valence-corrected chi connectivity index (χ4v) is 15.5. The predicted octanol–water partition coefficient (Wildman–Crippen LogP) is 11.9. The summed E-state index contributed by atoms with van der Waals surface area (Å²) in [6.07, 6.45) is 10.8. The summed E-state index contributed by atoms with van der Waals surface area (Å²) in [5, 5.41) is 0. The predicted molar refractivity (Wildman–Crippen MR) is 244 cm³/mol. The number of benzene rings is 7. The first kappa shape index (κ1) is 32.1.